The van der Waals surface area contributed by atoms with Crippen LogP contribution in [0.5, 0.6) is 5.75 Å². The van der Waals surface area contributed by atoms with Gasteiger partial charge in [-0.2, -0.15) is 0 Å². The zero-order chi connectivity index (χ0) is 13.0. The number of benzene rings is 2. The van der Waals surface area contributed by atoms with Crippen LogP contribution in [-0.2, 0) is 6.61 Å². The molecule has 18 heavy (non-hydrogen) atoms. The maximum absolute atomic E-state index is 13.4. The molecule has 4 heteroatoms. The number of ether oxygens (including phenoxy) is 1. The molecule has 2 aromatic rings. The number of rotatable bonds is 4. The van der Waals surface area contributed by atoms with E-state index in [0.717, 1.165) is 9.86 Å². The number of carbonyl (C=O) groups is 1. The van der Waals surface area contributed by atoms with Gasteiger partial charge in [-0.3, -0.25) is 4.79 Å². The molecule has 2 nitrogen and oxygen atoms in total. The Morgan fingerprint density at radius 1 is 1.22 bits per heavy atom. The first-order valence-corrected chi connectivity index (χ1v) is 6.39. The molecule has 0 radical (unpaired) electrons. The summed E-state index contributed by atoms with van der Waals surface area (Å²) in [5.74, 6) is 0.362. The molecule has 0 aliphatic rings. The Morgan fingerprint density at radius 3 is 2.67 bits per heavy atom. The number of aldehydes is 1. The van der Waals surface area contributed by atoms with Crippen LogP contribution in [0.15, 0.2) is 42.5 Å². The largest absolute Gasteiger partial charge is 0.488 e. The number of hydrogen-bond donors (Lipinski definition) is 0. The normalized spacial score (nSPS) is 10.1. The van der Waals surface area contributed by atoms with Crippen molar-refractivity contribution in [3.8, 4) is 5.75 Å². The third-order valence-electron chi connectivity index (χ3n) is 2.43. The van der Waals surface area contributed by atoms with Gasteiger partial charge in [0.15, 0.2) is 0 Å². The van der Waals surface area contributed by atoms with Crippen LogP contribution >= 0.6 is 22.6 Å². The molecule has 2 rings (SSSR count). The van der Waals surface area contributed by atoms with Crippen molar-refractivity contribution in [2.45, 2.75) is 6.61 Å². The number of halogens is 2. The molecule has 0 aliphatic carbocycles. The highest BCUT2D eigenvalue weighted by Crippen LogP contribution is 2.23. The average Bonchev–Trinajstić information content (AvgIpc) is 2.39. The number of hydrogen-bond acceptors (Lipinski definition) is 2. The van der Waals surface area contributed by atoms with Crippen LogP contribution in [0.1, 0.15) is 15.9 Å². The standard InChI is InChI=1S/C14H10FIO2/c15-12-4-2-1-3-11(12)9-18-14-6-5-10(8-17)7-13(14)16/h1-8H,9H2. The molecule has 2 aromatic carbocycles. The van der Waals surface area contributed by atoms with Gasteiger partial charge in [0.05, 0.1) is 3.57 Å². The predicted octanol–water partition coefficient (Wildman–Crippen LogP) is 3.82. The maximum atomic E-state index is 13.4. The zero-order valence-electron chi connectivity index (χ0n) is 9.40. The third kappa shape index (κ3) is 3.07. The van der Waals surface area contributed by atoms with E-state index in [-0.39, 0.29) is 12.4 Å². The summed E-state index contributed by atoms with van der Waals surface area (Å²) >= 11 is 2.08. The molecule has 92 valence electrons. The van der Waals surface area contributed by atoms with Crippen molar-refractivity contribution < 1.29 is 13.9 Å². The molecule has 0 saturated carbocycles. The van der Waals surface area contributed by atoms with Crippen molar-refractivity contribution in [1.29, 1.82) is 0 Å². The molecule has 0 bridgehead atoms. The van der Waals surface area contributed by atoms with E-state index in [1.54, 1.807) is 36.4 Å². The topological polar surface area (TPSA) is 26.3 Å². The Kier molecular flexibility index (Phi) is 4.30. The summed E-state index contributed by atoms with van der Waals surface area (Å²) in [4.78, 5) is 10.6. The van der Waals surface area contributed by atoms with Gasteiger partial charge in [-0.05, 0) is 46.9 Å². The fourth-order valence-corrected chi connectivity index (χ4v) is 2.17. The lowest BCUT2D eigenvalue weighted by molar-refractivity contribution is 0.112. The van der Waals surface area contributed by atoms with Gasteiger partial charge in [0, 0.05) is 11.1 Å². The van der Waals surface area contributed by atoms with E-state index >= 15 is 0 Å². The van der Waals surface area contributed by atoms with Crippen LogP contribution in [0.25, 0.3) is 0 Å². The molecule has 0 amide bonds. The van der Waals surface area contributed by atoms with Crippen LogP contribution in [0.4, 0.5) is 4.39 Å². The Bertz CT molecular complexity index is 569. The lowest BCUT2D eigenvalue weighted by atomic mass is 10.2. The summed E-state index contributed by atoms with van der Waals surface area (Å²) in [6, 6.07) is 11.6. The first kappa shape index (κ1) is 13.0. The Balaban J connectivity index is 2.11. The van der Waals surface area contributed by atoms with Crippen LogP contribution in [-0.4, -0.2) is 6.29 Å². The lowest BCUT2D eigenvalue weighted by Gasteiger charge is -2.09. The molecular formula is C14H10FIO2. The summed E-state index contributed by atoms with van der Waals surface area (Å²) in [5, 5.41) is 0. The van der Waals surface area contributed by atoms with Crippen molar-refractivity contribution in [2.24, 2.45) is 0 Å². The fourth-order valence-electron chi connectivity index (χ4n) is 1.48. The summed E-state index contributed by atoms with van der Waals surface area (Å²) in [7, 11) is 0. The zero-order valence-corrected chi connectivity index (χ0v) is 11.6. The monoisotopic (exact) mass is 356 g/mol. The van der Waals surface area contributed by atoms with Crippen LogP contribution in [0, 0.1) is 9.39 Å². The van der Waals surface area contributed by atoms with E-state index in [1.807, 2.05) is 0 Å². The first-order valence-electron chi connectivity index (χ1n) is 5.31. The molecule has 0 spiro atoms. The highest BCUT2D eigenvalue weighted by Gasteiger charge is 2.05. The second-order valence-electron chi connectivity index (χ2n) is 3.69. The van der Waals surface area contributed by atoms with E-state index in [4.69, 9.17) is 4.74 Å². The van der Waals surface area contributed by atoms with Crippen molar-refractivity contribution in [3.05, 3.63) is 63.0 Å². The van der Waals surface area contributed by atoms with Gasteiger partial charge in [0.2, 0.25) is 0 Å². The van der Waals surface area contributed by atoms with E-state index in [2.05, 4.69) is 22.6 Å². The average molecular weight is 356 g/mol. The summed E-state index contributed by atoms with van der Waals surface area (Å²) in [5.41, 5.74) is 1.10. The van der Waals surface area contributed by atoms with E-state index in [1.165, 1.54) is 6.07 Å². The van der Waals surface area contributed by atoms with Crippen molar-refractivity contribution in [3.63, 3.8) is 0 Å². The lowest BCUT2D eigenvalue weighted by Crippen LogP contribution is -1.99. The van der Waals surface area contributed by atoms with Gasteiger partial charge < -0.3 is 4.74 Å². The smallest absolute Gasteiger partial charge is 0.150 e. The first-order chi connectivity index (χ1) is 8.70. The highest BCUT2D eigenvalue weighted by molar-refractivity contribution is 14.1. The van der Waals surface area contributed by atoms with E-state index < -0.39 is 0 Å². The van der Waals surface area contributed by atoms with Gasteiger partial charge in [-0.15, -0.1) is 0 Å². The van der Waals surface area contributed by atoms with Crippen molar-refractivity contribution in [1.82, 2.24) is 0 Å². The molecule has 0 N–H and O–H groups in total. The minimum Gasteiger partial charge on any atom is -0.488 e. The highest BCUT2D eigenvalue weighted by atomic mass is 127. The van der Waals surface area contributed by atoms with Gasteiger partial charge in [-0.1, -0.05) is 18.2 Å². The van der Waals surface area contributed by atoms with Crippen LogP contribution in [0.3, 0.4) is 0 Å². The fraction of sp³-hybridized carbons (Fsp3) is 0.0714. The maximum Gasteiger partial charge on any atom is 0.150 e. The molecule has 0 aliphatic heterocycles. The number of carbonyl (C=O) groups excluding carboxylic acids is 1. The summed E-state index contributed by atoms with van der Waals surface area (Å²) in [6.45, 7) is 0.170. The van der Waals surface area contributed by atoms with Crippen molar-refractivity contribution >= 4 is 28.9 Å². The van der Waals surface area contributed by atoms with Crippen LogP contribution in [0.2, 0.25) is 0 Å². The molecule has 0 aromatic heterocycles. The van der Waals surface area contributed by atoms with Crippen molar-refractivity contribution in [2.75, 3.05) is 0 Å². The second kappa shape index (κ2) is 5.95. The summed E-state index contributed by atoms with van der Waals surface area (Å²) < 4.78 is 19.8. The minimum absolute atomic E-state index is 0.170. The van der Waals surface area contributed by atoms with Crippen LogP contribution < -0.4 is 4.74 Å². The Hall–Kier alpha value is -1.43. The Morgan fingerprint density at radius 2 is 2.00 bits per heavy atom. The molecule has 0 fully saturated rings. The van der Waals surface area contributed by atoms with E-state index in [9.17, 15) is 9.18 Å². The summed E-state index contributed by atoms with van der Waals surface area (Å²) in [6.07, 6.45) is 0.781. The molecule has 0 atom stereocenters. The van der Waals surface area contributed by atoms with E-state index in [0.29, 0.717) is 16.9 Å². The molecular weight excluding hydrogens is 346 g/mol. The second-order valence-corrected chi connectivity index (χ2v) is 4.85. The molecule has 0 saturated heterocycles. The minimum atomic E-state index is -0.281. The predicted molar refractivity (Wildman–Crippen MR) is 75.3 cm³/mol. The van der Waals surface area contributed by atoms with Gasteiger partial charge in [-0.25, -0.2) is 4.39 Å². The van der Waals surface area contributed by atoms with Gasteiger partial charge in [0.1, 0.15) is 24.5 Å². The Labute approximate surface area is 118 Å². The van der Waals surface area contributed by atoms with Gasteiger partial charge in [0.25, 0.3) is 0 Å². The SMILES string of the molecule is O=Cc1ccc(OCc2ccccc2F)c(I)c1. The molecule has 0 unspecified atom stereocenters. The van der Waals surface area contributed by atoms with Gasteiger partial charge >= 0.3 is 0 Å². The third-order valence-corrected chi connectivity index (χ3v) is 3.28. The quantitative estimate of drug-likeness (QED) is 0.615. The molecule has 0 heterocycles.